The molecule has 1 heterocycles. The van der Waals surface area contributed by atoms with Crippen LogP contribution in [-0.2, 0) is 4.79 Å². The molecule has 1 amide bonds. The highest BCUT2D eigenvalue weighted by Gasteiger charge is 2.70. The zero-order valence-corrected chi connectivity index (χ0v) is 14.0. The van der Waals surface area contributed by atoms with E-state index < -0.39 is 0 Å². The summed E-state index contributed by atoms with van der Waals surface area (Å²) in [6, 6.07) is 8.79. The molecule has 7 nitrogen and oxygen atoms in total. The van der Waals surface area contributed by atoms with Gasteiger partial charge in [-0.25, -0.2) is 0 Å². The van der Waals surface area contributed by atoms with E-state index in [1.165, 1.54) is 0 Å². The number of hydrogen-bond donors (Lipinski definition) is 4. The highest BCUT2D eigenvalue weighted by Crippen LogP contribution is 2.73. The van der Waals surface area contributed by atoms with Gasteiger partial charge < -0.3 is 21.5 Å². The van der Waals surface area contributed by atoms with E-state index in [9.17, 15) is 9.90 Å². The largest absolute Gasteiger partial charge is 0.507 e. The Balaban J connectivity index is 1.47. The Hall–Kier alpha value is -2.83. The molecule has 1 aromatic carbocycles. The van der Waals surface area contributed by atoms with Crippen molar-refractivity contribution in [3.63, 3.8) is 0 Å². The minimum absolute atomic E-state index is 0.139. The molecule has 0 radical (unpaired) electrons. The summed E-state index contributed by atoms with van der Waals surface area (Å²) in [7, 11) is 1.69. The number of carbonyl (C=O) groups excluding carboxylic acids is 1. The number of rotatable bonds is 5. The lowest BCUT2D eigenvalue weighted by Gasteiger charge is -2.69. The first-order chi connectivity index (χ1) is 12.0. The van der Waals surface area contributed by atoms with Crippen molar-refractivity contribution in [3.05, 3.63) is 30.3 Å². The third-order valence-corrected chi connectivity index (χ3v) is 5.51. The molecular weight excluding hydrogens is 318 g/mol. The van der Waals surface area contributed by atoms with Gasteiger partial charge in [0.2, 0.25) is 5.91 Å². The molecule has 3 saturated carbocycles. The highest BCUT2D eigenvalue weighted by molar-refractivity contribution is 5.86. The van der Waals surface area contributed by atoms with Gasteiger partial charge in [0.05, 0.1) is 16.8 Å². The molecule has 2 aromatic rings. The van der Waals surface area contributed by atoms with Gasteiger partial charge in [0.1, 0.15) is 5.75 Å². The Morgan fingerprint density at radius 3 is 2.68 bits per heavy atom. The number of aromatic hydroxyl groups is 1. The fourth-order valence-corrected chi connectivity index (χ4v) is 4.34. The Morgan fingerprint density at radius 2 is 2.00 bits per heavy atom. The summed E-state index contributed by atoms with van der Waals surface area (Å²) < 4.78 is 0. The van der Waals surface area contributed by atoms with E-state index in [0.717, 1.165) is 25.8 Å². The number of phenols is 1. The quantitative estimate of drug-likeness (QED) is 0.660. The van der Waals surface area contributed by atoms with Crippen LogP contribution in [0.3, 0.4) is 0 Å². The Bertz CT molecular complexity index is 831. The number of nitrogens with one attached hydrogen (secondary N) is 2. The molecule has 0 unspecified atom stereocenters. The topological polar surface area (TPSA) is 113 Å². The zero-order valence-electron chi connectivity index (χ0n) is 14.0. The number of phenolic OH excluding ortho intramolecular Hbond substituents is 1. The third kappa shape index (κ3) is 2.38. The van der Waals surface area contributed by atoms with Gasteiger partial charge in [-0.3, -0.25) is 4.79 Å². The van der Waals surface area contributed by atoms with Crippen molar-refractivity contribution in [2.24, 2.45) is 10.8 Å². The van der Waals surface area contributed by atoms with E-state index in [-0.39, 0.29) is 22.5 Å². The summed E-state index contributed by atoms with van der Waals surface area (Å²) in [5.41, 5.74) is 7.86. The van der Waals surface area contributed by atoms with Crippen LogP contribution in [0.25, 0.3) is 11.3 Å². The van der Waals surface area contributed by atoms with Crippen molar-refractivity contribution < 1.29 is 9.90 Å². The van der Waals surface area contributed by atoms with Gasteiger partial charge in [-0.15, -0.1) is 10.2 Å². The van der Waals surface area contributed by atoms with Gasteiger partial charge in [0.25, 0.3) is 0 Å². The van der Waals surface area contributed by atoms with Crippen LogP contribution >= 0.6 is 0 Å². The number of nitrogens with two attached hydrogens (primary N) is 1. The number of nitrogens with zero attached hydrogens (tertiary/aromatic N) is 2. The molecule has 0 atom stereocenters. The Labute approximate surface area is 145 Å². The molecule has 0 aliphatic heterocycles. The van der Waals surface area contributed by atoms with Crippen molar-refractivity contribution in [1.82, 2.24) is 15.5 Å². The standard InChI is InChI=1S/C18H21N5O2/c1-20-16(25)18-7-17(8-18,9-18)10-21-13-6-12(22-23-15(13)19)11-4-2-3-5-14(11)24/h2-6,24H,7-10H2,1H3,(H2,19,23)(H,20,25)(H,21,22). The van der Waals surface area contributed by atoms with E-state index in [1.807, 2.05) is 6.07 Å². The minimum atomic E-state index is -0.139. The first-order valence-corrected chi connectivity index (χ1v) is 8.35. The van der Waals surface area contributed by atoms with Crippen LogP contribution in [0.5, 0.6) is 5.75 Å². The summed E-state index contributed by atoms with van der Waals surface area (Å²) in [6.45, 7) is 0.752. The van der Waals surface area contributed by atoms with Crippen LogP contribution in [0.15, 0.2) is 30.3 Å². The monoisotopic (exact) mass is 339 g/mol. The van der Waals surface area contributed by atoms with Crippen molar-refractivity contribution in [3.8, 4) is 17.0 Å². The Kier molecular flexibility index (Phi) is 3.35. The van der Waals surface area contributed by atoms with E-state index >= 15 is 0 Å². The molecule has 5 N–H and O–H groups in total. The number of anilines is 2. The molecular formula is C18H21N5O2. The predicted molar refractivity (Wildman–Crippen MR) is 94.8 cm³/mol. The number of carbonyl (C=O) groups is 1. The average molecular weight is 339 g/mol. The van der Waals surface area contributed by atoms with Gasteiger partial charge in [-0.1, -0.05) is 12.1 Å². The van der Waals surface area contributed by atoms with Crippen LogP contribution < -0.4 is 16.4 Å². The second-order valence-electron chi connectivity index (χ2n) is 7.29. The van der Waals surface area contributed by atoms with Crippen LogP contribution in [-0.4, -0.2) is 34.8 Å². The van der Waals surface area contributed by atoms with Crippen molar-refractivity contribution in [2.75, 3.05) is 24.6 Å². The maximum Gasteiger partial charge on any atom is 0.226 e. The lowest BCUT2D eigenvalue weighted by Crippen LogP contribution is -2.69. The van der Waals surface area contributed by atoms with Crippen LogP contribution in [0.2, 0.25) is 0 Å². The maximum atomic E-state index is 11.9. The van der Waals surface area contributed by atoms with Crippen molar-refractivity contribution >= 4 is 17.4 Å². The molecule has 7 heteroatoms. The lowest BCUT2D eigenvalue weighted by atomic mass is 9.35. The molecule has 130 valence electrons. The summed E-state index contributed by atoms with van der Waals surface area (Å²) in [5, 5.41) is 24.2. The number of para-hydroxylation sites is 1. The van der Waals surface area contributed by atoms with Crippen molar-refractivity contribution in [1.29, 1.82) is 0 Å². The van der Waals surface area contributed by atoms with Crippen LogP contribution in [0, 0.1) is 10.8 Å². The molecule has 3 fully saturated rings. The first-order valence-electron chi connectivity index (χ1n) is 8.35. The summed E-state index contributed by atoms with van der Waals surface area (Å²) in [5.74, 6) is 0.632. The maximum absolute atomic E-state index is 11.9. The minimum Gasteiger partial charge on any atom is -0.507 e. The average Bonchev–Trinajstić information content (AvgIpc) is 2.54. The molecule has 1 aromatic heterocycles. The van der Waals surface area contributed by atoms with Crippen LogP contribution in [0.1, 0.15) is 19.3 Å². The Morgan fingerprint density at radius 1 is 1.28 bits per heavy atom. The fraction of sp³-hybridized carbons (Fsp3) is 0.389. The van der Waals surface area contributed by atoms with E-state index in [0.29, 0.717) is 22.8 Å². The SMILES string of the molecule is CNC(=O)C12CC(CNc3cc(-c4ccccc4O)nnc3N)(C1)C2. The van der Waals surface area contributed by atoms with E-state index in [2.05, 4.69) is 20.8 Å². The van der Waals surface area contributed by atoms with Crippen molar-refractivity contribution in [2.45, 2.75) is 19.3 Å². The summed E-state index contributed by atoms with van der Waals surface area (Å²) in [6.07, 6.45) is 2.74. The molecule has 0 spiro atoms. The lowest BCUT2D eigenvalue weighted by molar-refractivity contribution is -0.200. The molecule has 3 aliphatic rings. The van der Waals surface area contributed by atoms with Gasteiger partial charge in [-0.05, 0) is 42.9 Å². The van der Waals surface area contributed by atoms with Gasteiger partial charge in [0, 0.05) is 19.2 Å². The zero-order chi connectivity index (χ0) is 17.7. The number of hydrogen-bond acceptors (Lipinski definition) is 6. The number of aromatic nitrogens is 2. The molecule has 5 rings (SSSR count). The van der Waals surface area contributed by atoms with Crippen LogP contribution in [0.4, 0.5) is 11.5 Å². The predicted octanol–water partition coefficient (Wildman–Crippen LogP) is 1.76. The van der Waals surface area contributed by atoms with Gasteiger partial charge >= 0.3 is 0 Å². The van der Waals surface area contributed by atoms with Gasteiger partial charge in [0.15, 0.2) is 5.82 Å². The normalized spacial score (nSPS) is 26.3. The smallest absolute Gasteiger partial charge is 0.226 e. The number of nitrogen functional groups attached to an aromatic ring is 1. The molecule has 2 bridgehead atoms. The van der Waals surface area contributed by atoms with E-state index in [4.69, 9.17) is 5.73 Å². The highest BCUT2D eigenvalue weighted by atomic mass is 16.3. The molecule has 0 saturated heterocycles. The number of benzene rings is 1. The second-order valence-corrected chi connectivity index (χ2v) is 7.29. The fourth-order valence-electron chi connectivity index (χ4n) is 4.34. The second kappa shape index (κ2) is 5.34. The van der Waals surface area contributed by atoms with E-state index in [1.54, 1.807) is 31.3 Å². The summed E-state index contributed by atoms with van der Waals surface area (Å²) >= 11 is 0. The molecule has 25 heavy (non-hydrogen) atoms. The third-order valence-electron chi connectivity index (χ3n) is 5.51. The summed E-state index contributed by atoms with van der Waals surface area (Å²) in [4.78, 5) is 11.9. The molecule has 3 aliphatic carbocycles. The first kappa shape index (κ1) is 15.7. The number of amides is 1. The van der Waals surface area contributed by atoms with Gasteiger partial charge in [-0.2, -0.15) is 0 Å².